The van der Waals surface area contributed by atoms with Crippen molar-refractivity contribution in [1.29, 1.82) is 0 Å². The van der Waals surface area contributed by atoms with Crippen LogP contribution in [-0.2, 0) is 0 Å². The molecule has 0 aromatic heterocycles. The molecule has 4 aliphatic carbocycles. The fraction of sp³-hybridized carbons (Fsp3) is 0.680. The molecule has 1 aromatic carbocycles. The van der Waals surface area contributed by atoms with Gasteiger partial charge in [-0.2, -0.15) is 0 Å². The van der Waals surface area contributed by atoms with Gasteiger partial charge in [-0.1, -0.05) is 50.3 Å². The number of fused-ring (bicyclic) bond motifs is 5. The van der Waals surface area contributed by atoms with Gasteiger partial charge in [0.05, 0.1) is 18.3 Å². The molecule has 3 N–H and O–H groups in total. The van der Waals surface area contributed by atoms with E-state index in [1.54, 1.807) is 0 Å². The second-order valence-corrected chi connectivity index (χ2v) is 10.5. The van der Waals surface area contributed by atoms with Crippen LogP contribution in [-0.4, -0.2) is 33.6 Å². The lowest BCUT2D eigenvalue weighted by molar-refractivity contribution is -0.217. The number of hydrogen-bond acceptors (Lipinski definition) is 3. The molecule has 0 radical (unpaired) electrons. The van der Waals surface area contributed by atoms with E-state index >= 15 is 0 Å². The van der Waals surface area contributed by atoms with E-state index in [1.807, 2.05) is 0 Å². The lowest BCUT2D eigenvalue weighted by Gasteiger charge is -2.63. The van der Waals surface area contributed by atoms with E-state index in [4.69, 9.17) is 0 Å². The Morgan fingerprint density at radius 2 is 1.61 bits per heavy atom. The van der Waals surface area contributed by atoms with Crippen LogP contribution in [0.1, 0.15) is 57.9 Å². The fourth-order valence-electron chi connectivity index (χ4n) is 7.88. The third-order valence-corrected chi connectivity index (χ3v) is 9.39. The molecule has 28 heavy (non-hydrogen) atoms. The van der Waals surface area contributed by atoms with Crippen LogP contribution in [0, 0.1) is 34.5 Å². The van der Waals surface area contributed by atoms with Gasteiger partial charge in [-0.3, -0.25) is 0 Å². The summed E-state index contributed by atoms with van der Waals surface area (Å²) in [6.45, 7) is 4.72. The van der Waals surface area contributed by atoms with Crippen molar-refractivity contribution in [2.75, 3.05) is 0 Å². The predicted molar refractivity (Wildman–Crippen MR) is 110 cm³/mol. The van der Waals surface area contributed by atoms with Crippen LogP contribution in [0.25, 0.3) is 5.57 Å². The number of aliphatic hydroxyl groups is 3. The first-order chi connectivity index (χ1) is 13.4. The molecule has 3 fully saturated rings. The highest BCUT2D eigenvalue weighted by atomic mass is 16.3. The minimum absolute atomic E-state index is 0.0137. The lowest BCUT2D eigenvalue weighted by atomic mass is 9.43. The van der Waals surface area contributed by atoms with Crippen LogP contribution in [0.15, 0.2) is 36.4 Å². The quantitative estimate of drug-likeness (QED) is 0.687. The summed E-state index contributed by atoms with van der Waals surface area (Å²) in [5.74, 6) is 0.975. The molecule has 5 rings (SSSR count). The van der Waals surface area contributed by atoms with Gasteiger partial charge in [0, 0.05) is 0 Å². The van der Waals surface area contributed by atoms with E-state index in [0.29, 0.717) is 18.3 Å². The number of allylic oxidation sites excluding steroid dienone is 2. The van der Waals surface area contributed by atoms with Crippen LogP contribution < -0.4 is 0 Å². The highest BCUT2D eigenvalue weighted by Crippen LogP contribution is 2.67. The van der Waals surface area contributed by atoms with Gasteiger partial charge in [-0.25, -0.2) is 0 Å². The van der Waals surface area contributed by atoms with Crippen LogP contribution >= 0.6 is 0 Å². The van der Waals surface area contributed by atoms with Gasteiger partial charge in [0.25, 0.3) is 0 Å². The summed E-state index contributed by atoms with van der Waals surface area (Å²) >= 11 is 0. The Morgan fingerprint density at radius 3 is 2.36 bits per heavy atom. The molecule has 3 saturated carbocycles. The Morgan fingerprint density at radius 1 is 0.857 bits per heavy atom. The summed E-state index contributed by atoms with van der Waals surface area (Å²) in [6, 6.07) is 10.7. The van der Waals surface area contributed by atoms with E-state index in [-0.39, 0.29) is 28.8 Å². The second-order valence-electron chi connectivity index (χ2n) is 10.5. The molecule has 0 bridgehead atoms. The molecule has 1 aromatic rings. The smallest absolute Gasteiger partial charge is 0.0836 e. The van der Waals surface area contributed by atoms with Crippen molar-refractivity contribution in [2.24, 2.45) is 34.5 Å². The zero-order chi connectivity index (χ0) is 19.7. The lowest BCUT2D eigenvalue weighted by Crippen LogP contribution is -2.64. The molecule has 9 atom stereocenters. The Hall–Kier alpha value is -1.16. The minimum atomic E-state index is -0.718. The van der Waals surface area contributed by atoms with E-state index in [1.165, 1.54) is 11.1 Å². The first kappa shape index (κ1) is 18.8. The van der Waals surface area contributed by atoms with Gasteiger partial charge in [-0.15, -0.1) is 0 Å². The first-order valence-electron chi connectivity index (χ1n) is 11.2. The second kappa shape index (κ2) is 6.42. The molecular weight excluding hydrogens is 348 g/mol. The van der Waals surface area contributed by atoms with Crippen molar-refractivity contribution in [1.82, 2.24) is 0 Å². The highest BCUT2D eigenvalue weighted by molar-refractivity contribution is 5.72. The van der Waals surface area contributed by atoms with Gasteiger partial charge in [0.15, 0.2) is 0 Å². The number of hydrogen-bond donors (Lipinski definition) is 3. The third kappa shape index (κ3) is 2.45. The summed E-state index contributed by atoms with van der Waals surface area (Å²) in [7, 11) is 0. The molecule has 4 aliphatic rings. The van der Waals surface area contributed by atoms with Gasteiger partial charge in [-0.05, 0) is 84.2 Å². The first-order valence-corrected chi connectivity index (χ1v) is 11.2. The van der Waals surface area contributed by atoms with Gasteiger partial charge < -0.3 is 15.3 Å². The minimum Gasteiger partial charge on any atom is -0.393 e. The van der Waals surface area contributed by atoms with Gasteiger partial charge in [0.1, 0.15) is 0 Å². The topological polar surface area (TPSA) is 60.7 Å². The fourth-order valence-corrected chi connectivity index (χ4v) is 7.88. The highest BCUT2D eigenvalue weighted by Gasteiger charge is 2.63. The van der Waals surface area contributed by atoms with Crippen molar-refractivity contribution in [2.45, 2.75) is 70.7 Å². The molecule has 0 spiro atoms. The Balaban J connectivity index is 1.51. The SMILES string of the molecule is C[C@]12CC[C@H](O)C[C@@H]1[C@@H](O)[C@H](O)C1[C@@H]2CC[C@]2(C)C(c3ccccc3)=CC[C@@H]12. The Kier molecular flexibility index (Phi) is 4.32. The van der Waals surface area contributed by atoms with Crippen LogP contribution in [0.5, 0.6) is 0 Å². The molecule has 1 unspecified atom stereocenters. The molecule has 0 aliphatic heterocycles. The van der Waals surface area contributed by atoms with E-state index in [2.05, 4.69) is 50.3 Å². The van der Waals surface area contributed by atoms with Crippen LogP contribution in [0.3, 0.4) is 0 Å². The van der Waals surface area contributed by atoms with E-state index in [0.717, 1.165) is 32.1 Å². The summed E-state index contributed by atoms with van der Waals surface area (Å²) in [5.41, 5.74) is 2.84. The largest absolute Gasteiger partial charge is 0.393 e. The molecule has 152 valence electrons. The maximum atomic E-state index is 11.3. The standard InChI is InChI=1S/C25H34O3/c1-24-13-11-19-21(18(24)9-8-17(24)15-6-4-3-5-7-15)23(28)22(27)20-14-16(26)10-12-25(19,20)2/h3-8,16,18-23,26-28H,9-14H2,1-2H3/t16-,18-,19-,20+,21?,22+,23+,24+,25+/m0/s1. The van der Waals surface area contributed by atoms with Crippen molar-refractivity contribution in [3.05, 3.63) is 42.0 Å². The molecule has 3 nitrogen and oxygen atoms in total. The number of aliphatic hydroxyl groups excluding tert-OH is 3. The van der Waals surface area contributed by atoms with Crippen LogP contribution in [0.2, 0.25) is 0 Å². The maximum absolute atomic E-state index is 11.3. The zero-order valence-electron chi connectivity index (χ0n) is 17.1. The molecule has 3 heteroatoms. The van der Waals surface area contributed by atoms with Crippen molar-refractivity contribution < 1.29 is 15.3 Å². The maximum Gasteiger partial charge on any atom is 0.0836 e. The third-order valence-electron chi connectivity index (χ3n) is 9.39. The van der Waals surface area contributed by atoms with Crippen molar-refractivity contribution in [3.8, 4) is 0 Å². The predicted octanol–water partition coefficient (Wildman–Crippen LogP) is 4.03. The summed E-state index contributed by atoms with van der Waals surface area (Å²) in [6.07, 6.45) is 6.35. The van der Waals surface area contributed by atoms with Crippen LogP contribution in [0.4, 0.5) is 0 Å². The molecular formula is C25H34O3. The van der Waals surface area contributed by atoms with E-state index < -0.39 is 12.2 Å². The van der Waals surface area contributed by atoms with Gasteiger partial charge in [0.2, 0.25) is 0 Å². The summed E-state index contributed by atoms with van der Waals surface area (Å²) in [4.78, 5) is 0. The van der Waals surface area contributed by atoms with E-state index in [9.17, 15) is 15.3 Å². The number of rotatable bonds is 1. The van der Waals surface area contributed by atoms with Crippen molar-refractivity contribution in [3.63, 3.8) is 0 Å². The average molecular weight is 383 g/mol. The average Bonchev–Trinajstić information content (AvgIpc) is 3.05. The number of benzene rings is 1. The summed E-state index contributed by atoms with van der Waals surface area (Å²) in [5, 5.41) is 32.6. The monoisotopic (exact) mass is 382 g/mol. The molecule has 0 heterocycles. The molecule has 0 amide bonds. The molecule has 0 saturated heterocycles. The van der Waals surface area contributed by atoms with Gasteiger partial charge >= 0.3 is 0 Å². The zero-order valence-corrected chi connectivity index (χ0v) is 17.1. The van der Waals surface area contributed by atoms with Crippen molar-refractivity contribution >= 4 is 5.57 Å². The summed E-state index contributed by atoms with van der Waals surface area (Å²) < 4.78 is 0. The Labute approximate surface area is 168 Å². The normalized spacial score (nSPS) is 50.3. The Bertz CT molecular complexity index is 773.